The van der Waals surface area contributed by atoms with Gasteiger partial charge in [0, 0.05) is 6.42 Å². The highest BCUT2D eigenvalue weighted by molar-refractivity contribution is 7.13. The first-order chi connectivity index (χ1) is 9.63. The molecule has 0 saturated heterocycles. The van der Waals surface area contributed by atoms with Crippen molar-refractivity contribution in [1.29, 1.82) is 0 Å². The Morgan fingerprint density at radius 2 is 2.05 bits per heavy atom. The summed E-state index contributed by atoms with van der Waals surface area (Å²) in [5.41, 5.74) is 3.67. The van der Waals surface area contributed by atoms with Crippen LogP contribution in [0.1, 0.15) is 22.5 Å². The van der Waals surface area contributed by atoms with E-state index in [9.17, 15) is 5.11 Å². The van der Waals surface area contributed by atoms with Crippen molar-refractivity contribution in [2.75, 3.05) is 0 Å². The molecule has 5 heteroatoms. The molecule has 0 aliphatic rings. The molecule has 0 radical (unpaired) electrons. The summed E-state index contributed by atoms with van der Waals surface area (Å²) in [5.74, 6) is 1.17. The van der Waals surface area contributed by atoms with Gasteiger partial charge in [-0.2, -0.15) is 4.98 Å². The van der Waals surface area contributed by atoms with Crippen LogP contribution in [0.25, 0.3) is 10.8 Å². The van der Waals surface area contributed by atoms with Crippen LogP contribution in [-0.2, 0) is 6.42 Å². The van der Waals surface area contributed by atoms with Crippen LogP contribution in [0, 0.1) is 13.8 Å². The standard InChI is InChI=1S/C15H14N2O2S/c1-9-3-4-11(7-10(9)2)8-13-16-15(19-17-13)14-12(18)5-6-20-14/h3-7,18H,8H2,1-2H3. The lowest BCUT2D eigenvalue weighted by molar-refractivity contribution is 0.420. The number of aromatic nitrogens is 2. The van der Waals surface area contributed by atoms with Gasteiger partial charge in [-0.3, -0.25) is 0 Å². The average Bonchev–Trinajstić information content (AvgIpc) is 3.03. The lowest BCUT2D eigenvalue weighted by Crippen LogP contribution is -1.92. The van der Waals surface area contributed by atoms with Gasteiger partial charge < -0.3 is 9.63 Å². The van der Waals surface area contributed by atoms with Gasteiger partial charge in [0.15, 0.2) is 5.82 Å². The average molecular weight is 286 g/mol. The first-order valence-electron chi connectivity index (χ1n) is 6.29. The SMILES string of the molecule is Cc1ccc(Cc2noc(-c3sccc3O)n2)cc1C. The highest BCUT2D eigenvalue weighted by Crippen LogP contribution is 2.33. The molecule has 1 aromatic carbocycles. The maximum Gasteiger partial charge on any atom is 0.271 e. The van der Waals surface area contributed by atoms with Crippen molar-refractivity contribution in [3.63, 3.8) is 0 Å². The Morgan fingerprint density at radius 3 is 2.75 bits per heavy atom. The molecule has 0 aliphatic heterocycles. The molecule has 0 bridgehead atoms. The van der Waals surface area contributed by atoms with Crippen LogP contribution in [0.3, 0.4) is 0 Å². The molecule has 0 amide bonds. The van der Waals surface area contributed by atoms with E-state index in [0.29, 0.717) is 23.0 Å². The molecule has 3 rings (SSSR count). The van der Waals surface area contributed by atoms with Crippen molar-refractivity contribution in [3.8, 4) is 16.5 Å². The zero-order valence-corrected chi connectivity index (χ0v) is 12.1. The van der Waals surface area contributed by atoms with Crippen LogP contribution in [0.4, 0.5) is 0 Å². The first kappa shape index (κ1) is 12.9. The Hall–Kier alpha value is -2.14. The molecule has 0 fully saturated rings. The van der Waals surface area contributed by atoms with E-state index in [1.807, 2.05) is 0 Å². The van der Waals surface area contributed by atoms with E-state index >= 15 is 0 Å². The molecule has 1 N–H and O–H groups in total. The van der Waals surface area contributed by atoms with Crippen molar-refractivity contribution in [2.45, 2.75) is 20.3 Å². The van der Waals surface area contributed by atoms with Crippen molar-refractivity contribution in [2.24, 2.45) is 0 Å². The van der Waals surface area contributed by atoms with Crippen LogP contribution in [0.15, 0.2) is 34.2 Å². The number of aromatic hydroxyl groups is 1. The highest BCUT2D eigenvalue weighted by atomic mass is 32.1. The summed E-state index contributed by atoms with van der Waals surface area (Å²) in [7, 11) is 0. The van der Waals surface area contributed by atoms with Gasteiger partial charge in [-0.05, 0) is 42.0 Å². The molecule has 4 nitrogen and oxygen atoms in total. The van der Waals surface area contributed by atoms with E-state index in [1.54, 1.807) is 11.4 Å². The van der Waals surface area contributed by atoms with Crippen LogP contribution < -0.4 is 0 Å². The molecule has 0 aliphatic carbocycles. The maximum absolute atomic E-state index is 9.65. The van der Waals surface area contributed by atoms with Crippen molar-refractivity contribution >= 4 is 11.3 Å². The monoisotopic (exact) mass is 286 g/mol. The van der Waals surface area contributed by atoms with Gasteiger partial charge in [0.25, 0.3) is 5.89 Å². The smallest absolute Gasteiger partial charge is 0.271 e. The number of rotatable bonds is 3. The normalized spacial score (nSPS) is 10.9. The fraction of sp³-hybridized carbons (Fsp3) is 0.200. The minimum Gasteiger partial charge on any atom is -0.506 e. The largest absolute Gasteiger partial charge is 0.506 e. The fourth-order valence-corrected chi connectivity index (χ4v) is 2.68. The van der Waals surface area contributed by atoms with E-state index in [1.165, 1.54) is 22.5 Å². The van der Waals surface area contributed by atoms with E-state index in [0.717, 1.165) is 5.56 Å². The second kappa shape index (κ2) is 5.09. The van der Waals surface area contributed by atoms with Gasteiger partial charge in [0.1, 0.15) is 10.6 Å². The first-order valence-corrected chi connectivity index (χ1v) is 7.17. The van der Waals surface area contributed by atoms with Gasteiger partial charge in [0.2, 0.25) is 0 Å². The van der Waals surface area contributed by atoms with E-state index in [2.05, 4.69) is 42.2 Å². The lowest BCUT2D eigenvalue weighted by Gasteiger charge is -2.02. The fourth-order valence-electron chi connectivity index (χ4n) is 1.98. The zero-order valence-electron chi connectivity index (χ0n) is 11.3. The Bertz CT molecular complexity index is 746. The molecule has 0 atom stereocenters. The van der Waals surface area contributed by atoms with Gasteiger partial charge in [-0.1, -0.05) is 23.4 Å². The van der Waals surface area contributed by atoms with Crippen molar-refractivity contribution < 1.29 is 9.63 Å². The third kappa shape index (κ3) is 2.44. The highest BCUT2D eigenvalue weighted by Gasteiger charge is 2.14. The van der Waals surface area contributed by atoms with E-state index < -0.39 is 0 Å². The number of thiophene rings is 1. The molecule has 20 heavy (non-hydrogen) atoms. The van der Waals surface area contributed by atoms with Crippen LogP contribution in [0.5, 0.6) is 5.75 Å². The summed E-state index contributed by atoms with van der Waals surface area (Å²) in [6.07, 6.45) is 0.622. The summed E-state index contributed by atoms with van der Waals surface area (Å²) >= 11 is 1.38. The number of hydrogen-bond acceptors (Lipinski definition) is 5. The van der Waals surface area contributed by atoms with Gasteiger partial charge in [-0.15, -0.1) is 11.3 Å². The molecule has 3 aromatic rings. The number of aryl methyl sites for hydroxylation is 2. The Morgan fingerprint density at radius 1 is 1.20 bits per heavy atom. The second-order valence-electron chi connectivity index (χ2n) is 4.75. The van der Waals surface area contributed by atoms with Crippen LogP contribution in [-0.4, -0.2) is 15.2 Å². The summed E-state index contributed by atoms with van der Waals surface area (Å²) < 4.78 is 5.21. The Labute approximate surface area is 120 Å². The van der Waals surface area contributed by atoms with E-state index in [4.69, 9.17) is 4.52 Å². The Kier molecular flexibility index (Phi) is 3.28. The molecule has 2 heterocycles. The third-order valence-corrected chi connectivity index (χ3v) is 4.13. The summed E-state index contributed by atoms with van der Waals surface area (Å²) in [6.45, 7) is 4.18. The molecular weight excluding hydrogens is 272 g/mol. The molecule has 2 aromatic heterocycles. The Balaban J connectivity index is 1.84. The maximum atomic E-state index is 9.65. The van der Waals surface area contributed by atoms with E-state index in [-0.39, 0.29) is 5.75 Å². The minimum atomic E-state index is 0.177. The van der Waals surface area contributed by atoms with Crippen LogP contribution in [0.2, 0.25) is 0 Å². The summed E-state index contributed by atoms with van der Waals surface area (Å²) in [4.78, 5) is 4.95. The molecule has 0 spiro atoms. The van der Waals surface area contributed by atoms with Gasteiger partial charge >= 0.3 is 0 Å². The molecule has 0 saturated carbocycles. The molecule has 102 valence electrons. The van der Waals surface area contributed by atoms with Crippen molar-refractivity contribution in [1.82, 2.24) is 10.1 Å². The predicted octanol–water partition coefficient (Wildman–Crippen LogP) is 3.71. The lowest BCUT2D eigenvalue weighted by atomic mass is 10.0. The third-order valence-electron chi connectivity index (χ3n) is 3.24. The summed E-state index contributed by atoms with van der Waals surface area (Å²) in [5, 5.41) is 15.4. The van der Waals surface area contributed by atoms with Crippen LogP contribution >= 0.6 is 11.3 Å². The molecular formula is C15H14N2O2S. The topological polar surface area (TPSA) is 59.2 Å². The number of nitrogens with zero attached hydrogens (tertiary/aromatic N) is 2. The zero-order chi connectivity index (χ0) is 14.1. The number of benzene rings is 1. The molecule has 0 unspecified atom stereocenters. The van der Waals surface area contributed by atoms with Gasteiger partial charge in [0.05, 0.1) is 0 Å². The predicted molar refractivity (Wildman–Crippen MR) is 78.0 cm³/mol. The number of hydrogen-bond donors (Lipinski definition) is 1. The van der Waals surface area contributed by atoms with Crippen molar-refractivity contribution in [3.05, 3.63) is 52.2 Å². The summed E-state index contributed by atoms with van der Waals surface area (Å²) in [6, 6.07) is 7.92. The van der Waals surface area contributed by atoms with Gasteiger partial charge in [-0.25, -0.2) is 0 Å². The quantitative estimate of drug-likeness (QED) is 0.797. The second-order valence-corrected chi connectivity index (χ2v) is 5.66. The minimum absolute atomic E-state index is 0.177.